The molecule has 2 aromatic rings. The standard InChI is InChI=1S/C14H20N2/c1-9-7-8-11-10(2)15-16(6)13(11)12(9)14(3,4)5/h7-8H,1-6H3. The zero-order valence-electron chi connectivity index (χ0n) is 11.0. The molecular weight excluding hydrogens is 196 g/mol. The van der Waals surface area contributed by atoms with E-state index in [-0.39, 0.29) is 5.41 Å². The van der Waals surface area contributed by atoms with E-state index < -0.39 is 0 Å². The van der Waals surface area contributed by atoms with Gasteiger partial charge in [-0.2, -0.15) is 5.10 Å². The lowest BCUT2D eigenvalue weighted by Crippen LogP contribution is -2.15. The molecule has 0 aliphatic heterocycles. The average Bonchev–Trinajstić information content (AvgIpc) is 2.40. The topological polar surface area (TPSA) is 17.8 Å². The number of hydrogen-bond acceptors (Lipinski definition) is 1. The summed E-state index contributed by atoms with van der Waals surface area (Å²) in [5.74, 6) is 0. The van der Waals surface area contributed by atoms with Gasteiger partial charge in [0.25, 0.3) is 0 Å². The van der Waals surface area contributed by atoms with Gasteiger partial charge in [0.05, 0.1) is 11.2 Å². The highest BCUT2D eigenvalue weighted by Crippen LogP contribution is 2.33. The van der Waals surface area contributed by atoms with Gasteiger partial charge < -0.3 is 0 Å². The minimum absolute atomic E-state index is 0.157. The molecule has 0 saturated heterocycles. The molecular formula is C14H20N2. The molecule has 0 bridgehead atoms. The van der Waals surface area contributed by atoms with Crippen molar-refractivity contribution in [2.24, 2.45) is 7.05 Å². The van der Waals surface area contributed by atoms with Crippen LogP contribution in [0.4, 0.5) is 0 Å². The summed E-state index contributed by atoms with van der Waals surface area (Å²) in [5, 5.41) is 5.80. The SMILES string of the molecule is Cc1ccc2c(C)nn(C)c2c1C(C)(C)C. The Morgan fingerprint density at radius 1 is 1.12 bits per heavy atom. The predicted octanol–water partition coefficient (Wildman–Crippen LogP) is 3.49. The molecule has 0 unspecified atom stereocenters. The van der Waals surface area contributed by atoms with Crippen molar-refractivity contribution >= 4 is 10.9 Å². The molecule has 16 heavy (non-hydrogen) atoms. The molecule has 1 aromatic carbocycles. The number of hydrogen-bond donors (Lipinski definition) is 0. The van der Waals surface area contributed by atoms with Crippen molar-refractivity contribution in [3.05, 3.63) is 29.0 Å². The van der Waals surface area contributed by atoms with Gasteiger partial charge in [0.2, 0.25) is 0 Å². The predicted molar refractivity (Wildman–Crippen MR) is 68.9 cm³/mol. The monoisotopic (exact) mass is 216 g/mol. The van der Waals surface area contributed by atoms with E-state index in [4.69, 9.17) is 0 Å². The third kappa shape index (κ3) is 1.53. The van der Waals surface area contributed by atoms with E-state index in [0.717, 1.165) is 5.69 Å². The summed E-state index contributed by atoms with van der Waals surface area (Å²) < 4.78 is 2.01. The maximum absolute atomic E-state index is 4.52. The number of aromatic nitrogens is 2. The second-order valence-electron chi connectivity index (χ2n) is 5.61. The highest BCUT2D eigenvalue weighted by Gasteiger charge is 2.22. The number of fused-ring (bicyclic) bond motifs is 1. The number of rotatable bonds is 0. The van der Waals surface area contributed by atoms with Crippen molar-refractivity contribution < 1.29 is 0 Å². The van der Waals surface area contributed by atoms with Crippen LogP contribution in [0.1, 0.15) is 37.6 Å². The van der Waals surface area contributed by atoms with E-state index in [2.05, 4.69) is 51.9 Å². The molecule has 1 aromatic heterocycles. The minimum atomic E-state index is 0.157. The van der Waals surface area contributed by atoms with E-state index in [9.17, 15) is 0 Å². The van der Waals surface area contributed by atoms with Gasteiger partial charge in [0.15, 0.2) is 0 Å². The van der Waals surface area contributed by atoms with E-state index in [1.807, 2.05) is 11.7 Å². The Morgan fingerprint density at radius 3 is 2.31 bits per heavy atom. The van der Waals surface area contributed by atoms with E-state index in [0.29, 0.717) is 0 Å². The fourth-order valence-electron chi connectivity index (χ4n) is 2.60. The van der Waals surface area contributed by atoms with Crippen LogP contribution in [0.5, 0.6) is 0 Å². The Kier molecular flexibility index (Phi) is 2.33. The highest BCUT2D eigenvalue weighted by molar-refractivity contribution is 5.86. The number of nitrogens with zero attached hydrogens (tertiary/aromatic N) is 2. The molecule has 0 N–H and O–H groups in total. The normalized spacial score (nSPS) is 12.4. The fraction of sp³-hybridized carbons (Fsp3) is 0.500. The lowest BCUT2D eigenvalue weighted by atomic mass is 9.82. The summed E-state index contributed by atoms with van der Waals surface area (Å²) in [7, 11) is 2.03. The van der Waals surface area contributed by atoms with Crippen LogP contribution in [-0.4, -0.2) is 9.78 Å². The molecule has 0 fully saturated rings. The minimum Gasteiger partial charge on any atom is -0.267 e. The van der Waals surface area contributed by atoms with Crippen molar-refractivity contribution in [1.29, 1.82) is 0 Å². The first kappa shape index (κ1) is 11.2. The van der Waals surface area contributed by atoms with E-state index in [1.165, 1.54) is 22.0 Å². The highest BCUT2D eigenvalue weighted by atomic mass is 15.3. The van der Waals surface area contributed by atoms with Crippen LogP contribution in [0.2, 0.25) is 0 Å². The zero-order valence-corrected chi connectivity index (χ0v) is 11.0. The zero-order chi connectivity index (χ0) is 12.1. The first-order chi connectivity index (χ1) is 7.32. The van der Waals surface area contributed by atoms with E-state index >= 15 is 0 Å². The molecule has 0 spiro atoms. The van der Waals surface area contributed by atoms with Crippen LogP contribution in [-0.2, 0) is 12.5 Å². The number of aryl methyl sites for hydroxylation is 3. The summed E-state index contributed by atoms with van der Waals surface area (Å²) in [6.45, 7) is 11.0. The van der Waals surface area contributed by atoms with Crippen LogP contribution in [0.15, 0.2) is 12.1 Å². The van der Waals surface area contributed by atoms with Crippen molar-refractivity contribution in [3.63, 3.8) is 0 Å². The molecule has 1 heterocycles. The molecule has 0 radical (unpaired) electrons. The summed E-state index contributed by atoms with van der Waals surface area (Å²) in [4.78, 5) is 0. The Balaban J connectivity index is 2.95. The molecule has 0 atom stereocenters. The van der Waals surface area contributed by atoms with Crippen LogP contribution in [0.25, 0.3) is 10.9 Å². The molecule has 2 heteroatoms. The smallest absolute Gasteiger partial charge is 0.0721 e. The van der Waals surface area contributed by atoms with Gasteiger partial charge in [-0.15, -0.1) is 0 Å². The van der Waals surface area contributed by atoms with Crippen LogP contribution < -0.4 is 0 Å². The molecule has 2 rings (SSSR count). The van der Waals surface area contributed by atoms with Crippen LogP contribution in [0, 0.1) is 13.8 Å². The quantitative estimate of drug-likeness (QED) is 0.659. The summed E-state index contributed by atoms with van der Waals surface area (Å²) in [6.07, 6.45) is 0. The third-order valence-corrected chi connectivity index (χ3v) is 3.15. The van der Waals surface area contributed by atoms with Gasteiger partial charge in [-0.3, -0.25) is 4.68 Å². The summed E-state index contributed by atoms with van der Waals surface area (Å²) in [5.41, 5.74) is 5.31. The molecule has 86 valence electrons. The van der Waals surface area contributed by atoms with Crippen molar-refractivity contribution in [2.45, 2.75) is 40.0 Å². The van der Waals surface area contributed by atoms with Gasteiger partial charge >= 0.3 is 0 Å². The molecule has 0 aliphatic carbocycles. The largest absolute Gasteiger partial charge is 0.267 e. The Hall–Kier alpha value is -1.31. The number of benzene rings is 1. The van der Waals surface area contributed by atoms with Gasteiger partial charge in [0.1, 0.15) is 0 Å². The Morgan fingerprint density at radius 2 is 1.75 bits per heavy atom. The summed E-state index contributed by atoms with van der Waals surface area (Å²) in [6, 6.07) is 4.39. The van der Waals surface area contributed by atoms with Gasteiger partial charge in [0, 0.05) is 12.4 Å². The Bertz CT molecular complexity index is 542. The first-order valence-electron chi connectivity index (χ1n) is 5.76. The Labute approximate surface area is 97.3 Å². The van der Waals surface area contributed by atoms with Gasteiger partial charge in [-0.25, -0.2) is 0 Å². The van der Waals surface area contributed by atoms with Crippen molar-refractivity contribution in [1.82, 2.24) is 9.78 Å². The molecule has 2 nitrogen and oxygen atoms in total. The van der Waals surface area contributed by atoms with Crippen molar-refractivity contribution in [3.8, 4) is 0 Å². The van der Waals surface area contributed by atoms with E-state index in [1.54, 1.807) is 0 Å². The second-order valence-corrected chi connectivity index (χ2v) is 5.61. The van der Waals surface area contributed by atoms with Crippen molar-refractivity contribution in [2.75, 3.05) is 0 Å². The summed E-state index contributed by atoms with van der Waals surface area (Å²) >= 11 is 0. The lowest BCUT2D eigenvalue weighted by Gasteiger charge is -2.23. The molecule has 0 aliphatic rings. The van der Waals surface area contributed by atoms with Crippen LogP contribution in [0.3, 0.4) is 0 Å². The van der Waals surface area contributed by atoms with Gasteiger partial charge in [-0.05, 0) is 30.4 Å². The average molecular weight is 216 g/mol. The maximum atomic E-state index is 4.52. The van der Waals surface area contributed by atoms with Crippen LogP contribution >= 0.6 is 0 Å². The van der Waals surface area contributed by atoms with Gasteiger partial charge in [-0.1, -0.05) is 32.9 Å². The molecule has 0 saturated carbocycles. The lowest BCUT2D eigenvalue weighted by molar-refractivity contribution is 0.586. The fourth-order valence-corrected chi connectivity index (χ4v) is 2.60. The second kappa shape index (κ2) is 3.34. The molecule has 0 amide bonds. The first-order valence-corrected chi connectivity index (χ1v) is 5.76. The third-order valence-electron chi connectivity index (χ3n) is 3.15. The maximum Gasteiger partial charge on any atom is 0.0721 e.